The molecule has 8 atom stereocenters. The second kappa shape index (κ2) is 18.4. The molecule has 0 bridgehead atoms. The maximum atomic E-state index is 2.84. The lowest BCUT2D eigenvalue weighted by Crippen LogP contribution is -1.71. The van der Waals surface area contributed by atoms with Crippen molar-refractivity contribution in [3.63, 3.8) is 0 Å². The van der Waals surface area contributed by atoms with Gasteiger partial charge in [0.2, 0.25) is 0 Å². The van der Waals surface area contributed by atoms with Crippen LogP contribution in [0.1, 0.15) is 0 Å². The van der Waals surface area contributed by atoms with Gasteiger partial charge in [0.05, 0.1) is 0 Å². The van der Waals surface area contributed by atoms with Crippen molar-refractivity contribution >= 4 is 69.3 Å². The SMILES string of the molecule is CPCPCPCPCPCPCPCP. The number of hydrogen-bond acceptors (Lipinski definition) is 0. The Balaban J connectivity index is 2.83. The fourth-order valence-electron chi connectivity index (χ4n) is 0.952. The Bertz CT molecular complexity index is 109. The molecule has 0 aromatic carbocycles. The van der Waals surface area contributed by atoms with Crippen LogP contribution in [0.5, 0.6) is 0 Å². The molecule has 0 fully saturated rings. The first-order chi connectivity index (χ1) is 7.91. The van der Waals surface area contributed by atoms with E-state index in [0.29, 0.717) is 0 Å². The van der Waals surface area contributed by atoms with Gasteiger partial charge in [0.1, 0.15) is 0 Å². The van der Waals surface area contributed by atoms with Gasteiger partial charge in [-0.25, -0.2) is 0 Å². The third kappa shape index (κ3) is 17.4. The molecule has 0 saturated carbocycles. The van der Waals surface area contributed by atoms with Crippen LogP contribution in [0.2, 0.25) is 0 Å². The fourth-order valence-corrected chi connectivity index (χ4v) is 15.5. The van der Waals surface area contributed by atoms with Gasteiger partial charge in [0, 0.05) is 0 Å². The quantitative estimate of drug-likeness (QED) is 0.318. The first-order valence-electron chi connectivity index (χ1n) is 5.50. The van der Waals surface area contributed by atoms with Gasteiger partial charge in [0.15, 0.2) is 0 Å². The molecule has 0 heterocycles. The average Bonchev–Trinajstić information content (AvgIpc) is 2.31. The van der Waals surface area contributed by atoms with E-state index in [1.165, 1.54) is 77.8 Å². The van der Waals surface area contributed by atoms with E-state index in [1.807, 2.05) is 0 Å². The minimum atomic E-state index is 1.19. The van der Waals surface area contributed by atoms with Gasteiger partial charge in [0.25, 0.3) is 0 Å². The van der Waals surface area contributed by atoms with Gasteiger partial charge in [-0.15, -0.1) is 69.3 Å². The number of hydrogen-bond donors (Lipinski definition) is 0. The fraction of sp³-hybridized carbons (Fsp3) is 1.00. The molecule has 8 heteroatoms. The molecule has 0 rings (SSSR count). The summed E-state index contributed by atoms with van der Waals surface area (Å²) in [7, 11) is 11.7. The Kier molecular flexibility index (Phi) is 22.4. The lowest BCUT2D eigenvalue weighted by atomic mass is 11.8. The molecule has 98 valence electrons. The monoisotopic (exact) mass is 370 g/mol. The second-order valence-electron chi connectivity index (χ2n) is 3.12. The van der Waals surface area contributed by atoms with Gasteiger partial charge in [-0.2, -0.15) is 0 Å². The molecule has 0 spiro atoms. The van der Waals surface area contributed by atoms with Crippen LogP contribution in [-0.2, 0) is 0 Å². The third-order valence-corrected chi connectivity index (χ3v) is 15.3. The van der Waals surface area contributed by atoms with Crippen LogP contribution >= 0.6 is 69.3 Å². The minimum absolute atomic E-state index is 1.19. The molecule has 0 saturated heterocycles. The lowest BCUT2D eigenvalue weighted by Gasteiger charge is -2.03. The Morgan fingerprint density at radius 3 is 1.38 bits per heavy atom. The van der Waals surface area contributed by atoms with E-state index in [9.17, 15) is 0 Å². The Morgan fingerprint density at radius 1 is 0.625 bits per heavy atom. The van der Waals surface area contributed by atoms with E-state index in [4.69, 9.17) is 0 Å². The molecule has 16 heavy (non-hydrogen) atoms. The lowest BCUT2D eigenvalue weighted by molar-refractivity contribution is 1.97. The van der Waals surface area contributed by atoms with E-state index >= 15 is 0 Å². The standard InChI is InChI=1S/C8H26P8/c1-10-3-12-5-14-7-16-8-15-6-13-4-11-2-9/h10-16H,2-9H2,1H3. The Morgan fingerprint density at radius 2 is 1.00 bits per heavy atom. The van der Waals surface area contributed by atoms with Gasteiger partial charge >= 0.3 is 0 Å². The molecule has 0 N–H and O–H groups in total. The predicted molar refractivity (Wildman–Crippen MR) is 108 cm³/mol. The van der Waals surface area contributed by atoms with Crippen molar-refractivity contribution in [2.24, 2.45) is 0 Å². The first-order valence-corrected chi connectivity index (χ1v) is 16.5. The van der Waals surface area contributed by atoms with Gasteiger partial charge in [-0.05, 0) is 48.0 Å². The molecule has 0 aliphatic heterocycles. The zero-order valence-corrected chi connectivity index (χ0v) is 18.2. The van der Waals surface area contributed by atoms with Crippen molar-refractivity contribution in [3.05, 3.63) is 0 Å². The van der Waals surface area contributed by atoms with E-state index in [-0.39, 0.29) is 0 Å². The van der Waals surface area contributed by atoms with E-state index in [1.54, 1.807) is 23.6 Å². The average molecular weight is 370 g/mol. The molecule has 0 aliphatic carbocycles. The first kappa shape index (κ1) is 19.4. The predicted octanol–water partition coefficient (Wildman–Crippen LogP) is 4.94. The summed E-state index contributed by atoms with van der Waals surface area (Å²) in [5.74, 6) is 10.6. The van der Waals surface area contributed by atoms with Crippen LogP contribution in [0, 0.1) is 0 Å². The maximum Gasteiger partial charge on any atom is -0.0169 e. The Labute approximate surface area is 117 Å². The van der Waals surface area contributed by atoms with Crippen LogP contribution in [0.4, 0.5) is 0 Å². The highest BCUT2D eigenvalue weighted by molar-refractivity contribution is 7.71. The molecule has 0 radical (unpaired) electrons. The molecular weight excluding hydrogens is 344 g/mol. The molecule has 0 aromatic rings. The van der Waals surface area contributed by atoms with Gasteiger partial charge < -0.3 is 0 Å². The molecule has 0 nitrogen and oxygen atoms in total. The zero-order chi connectivity index (χ0) is 11.9. The molecule has 8 unspecified atom stereocenters. The highest BCUT2D eigenvalue weighted by atomic mass is 31.2. The summed E-state index contributed by atoms with van der Waals surface area (Å²) >= 11 is 0. The topological polar surface area (TPSA) is 0 Å². The van der Waals surface area contributed by atoms with Crippen LogP contribution in [0.15, 0.2) is 0 Å². The van der Waals surface area contributed by atoms with Crippen molar-refractivity contribution in [3.8, 4) is 0 Å². The summed E-state index contributed by atoms with van der Waals surface area (Å²) in [6.45, 7) is 2.33. The molecule has 0 amide bonds. The molecular formula is C8H26P8. The highest BCUT2D eigenvalue weighted by Crippen LogP contribution is 2.38. The van der Waals surface area contributed by atoms with Crippen molar-refractivity contribution in [1.82, 2.24) is 0 Å². The van der Waals surface area contributed by atoms with Crippen molar-refractivity contribution < 1.29 is 0 Å². The van der Waals surface area contributed by atoms with Crippen LogP contribution in [-0.4, -0.2) is 48.0 Å². The Hall–Kier alpha value is 3.44. The maximum absolute atomic E-state index is 2.84. The highest BCUT2D eigenvalue weighted by Gasteiger charge is 1.91. The third-order valence-electron chi connectivity index (χ3n) is 1.70. The van der Waals surface area contributed by atoms with Crippen molar-refractivity contribution in [1.29, 1.82) is 0 Å². The molecule has 0 aromatic heterocycles. The zero-order valence-electron chi connectivity index (χ0n) is 10.0. The summed E-state index contributed by atoms with van der Waals surface area (Å²) < 4.78 is 0. The van der Waals surface area contributed by atoms with Crippen molar-refractivity contribution in [2.45, 2.75) is 0 Å². The van der Waals surface area contributed by atoms with Gasteiger partial charge in [-0.3, -0.25) is 0 Å². The summed E-state index contributed by atoms with van der Waals surface area (Å²) in [5.41, 5.74) is 0. The second-order valence-corrected chi connectivity index (χ2v) is 16.9. The normalized spacial score (nSPS) is 16.1. The summed E-state index contributed by atoms with van der Waals surface area (Å²) in [5, 5.41) is 0. The molecule has 0 aliphatic rings. The largest absolute Gasteiger partial charge is 0.133 e. The summed E-state index contributed by atoms with van der Waals surface area (Å²) in [4.78, 5) is 0. The van der Waals surface area contributed by atoms with Crippen molar-refractivity contribution in [2.75, 3.05) is 48.0 Å². The minimum Gasteiger partial charge on any atom is -0.133 e. The summed E-state index contributed by atoms with van der Waals surface area (Å²) in [6, 6.07) is 0. The van der Waals surface area contributed by atoms with Crippen LogP contribution < -0.4 is 0 Å². The van der Waals surface area contributed by atoms with Gasteiger partial charge in [-0.1, -0.05) is 0 Å². The van der Waals surface area contributed by atoms with E-state index in [2.05, 4.69) is 15.9 Å². The van der Waals surface area contributed by atoms with E-state index in [0.717, 1.165) is 0 Å². The smallest absolute Gasteiger partial charge is 0.0169 e. The number of rotatable bonds is 13. The summed E-state index contributed by atoms with van der Waals surface area (Å²) in [6.07, 6.45) is 0. The van der Waals surface area contributed by atoms with E-state index < -0.39 is 0 Å². The van der Waals surface area contributed by atoms with Crippen LogP contribution in [0.3, 0.4) is 0 Å². The van der Waals surface area contributed by atoms with Crippen LogP contribution in [0.25, 0.3) is 0 Å².